The molecule has 0 spiro atoms. The Balaban J connectivity index is 2.02. The van der Waals surface area contributed by atoms with Crippen LogP contribution in [0.1, 0.15) is 17.5 Å². The van der Waals surface area contributed by atoms with Crippen LogP contribution in [0.5, 0.6) is 0 Å². The van der Waals surface area contributed by atoms with Gasteiger partial charge in [-0.25, -0.2) is 4.90 Å². The molecule has 1 saturated carbocycles. The Bertz CT molecular complexity index is 592. The minimum absolute atomic E-state index is 0.142. The number of nitrogens with two attached hydrogens (primary N) is 1. The number of hydrogen-bond donors (Lipinski definition) is 1. The second-order valence-corrected chi connectivity index (χ2v) is 5.01. The number of rotatable bonds is 2. The van der Waals surface area contributed by atoms with Gasteiger partial charge in [0, 0.05) is 6.54 Å². The van der Waals surface area contributed by atoms with E-state index in [9.17, 15) is 22.8 Å². The van der Waals surface area contributed by atoms with Crippen LogP contribution >= 0.6 is 0 Å². The molecule has 1 aliphatic carbocycles. The maximum atomic E-state index is 12.6. The van der Waals surface area contributed by atoms with Gasteiger partial charge in [0.25, 0.3) is 0 Å². The Morgan fingerprint density at radius 2 is 1.80 bits per heavy atom. The monoisotopic (exact) mass is 284 g/mol. The predicted molar refractivity (Wildman–Crippen MR) is 63.4 cm³/mol. The van der Waals surface area contributed by atoms with Crippen molar-refractivity contribution in [2.24, 2.45) is 17.6 Å². The first-order valence-corrected chi connectivity index (χ1v) is 6.12. The van der Waals surface area contributed by atoms with Crippen LogP contribution in [0.15, 0.2) is 18.2 Å². The molecular formula is C13H11F3N2O2. The van der Waals surface area contributed by atoms with Crippen molar-refractivity contribution >= 4 is 17.5 Å². The van der Waals surface area contributed by atoms with Crippen LogP contribution in [0, 0.1) is 11.8 Å². The lowest BCUT2D eigenvalue weighted by Gasteiger charge is -2.20. The molecule has 2 N–H and O–H groups in total. The van der Waals surface area contributed by atoms with Gasteiger partial charge in [0.2, 0.25) is 11.8 Å². The molecule has 106 valence electrons. The summed E-state index contributed by atoms with van der Waals surface area (Å²) in [5.74, 6) is -1.27. The molecule has 1 aromatic rings. The van der Waals surface area contributed by atoms with E-state index in [-0.39, 0.29) is 41.4 Å². The molecule has 2 unspecified atom stereocenters. The third-order valence-electron chi connectivity index (χ3n) is 3.73. The van der Waals surface area contributed by atoms with Crippen LogP contribution in [0.2, 0.25) is 0 Å². The summed E-state index contributed by atoms with van der Waals surface area (Å²) >= 11 is 0. The fourth-order valence-corrected chi connectivity index (χ4v) is 2.56. The number of piperidine rings is 1. The summed E-state index contributed by atoms with van der Waals surface area (Å²) in [6.45, 7) is -0.175. The van der Waals surface area contributed by atoms with Gasteiger partial charge < -0.3 is 5.73 Å². The summed E-state index contributed by atoms with van der Waals surface area (Å²) in [5, 5.41) is 0. The zero-order valence-corrected chi connectivity index (χ0v) is 10.3. The van der Waals surface area contributed by atoms with Gasteiger partial charge in [-0.15, -0.1) is 0 Å². The summed E-state index contributed by atoms with van der Waals surface area (Å²) in [4.78, 5) is 24.9. The second kappa shape index (κ2) is 4.05. The Kier molecular flexibility index (Phi) is 2.66. The normalized spacial score (nSPS) is 25.1. The average molecular weight is 284 g/mol. The highest BCUT2D eigenvalue weighted by Crippen LogP contribution is 2.49. The summed E-state index contributed by atoms with van der Waals surface area (Å²) in [6, 6.07) is 2.89. The highest BCUT2D eigenvalue weighted by Gasteiger charge is 2.59. The number of alkyl halides is 3. The van der Waals surface area contributed by atoms with Crippen LogP contribution in [0.4, 0.5) is 18.9 Å². The Labute approximate surface area is 112 Å². The lowest BCUT2D eigenvalue weighted by Crippen LogP contribution is -2.34. The lowest BCUT2D eigenvalue weighted by molar-refractivity contribution is -0.137. The van der Waals surface area contributed by atoms with Crippen molar-refractivity contribution < 1.29 is 22.8 Å². The van der Waals surface area contributed by atoms with Gasteiger partial charge >= 0.3 is 6.18 Å². The molecule has 2 fully saturated rings. The number of amides is 2. The van der Waals surface area contributed by atoms with E-state index in [4.69, 9.17) is 5.73 Å². The van der Waals surface area contributed by atoms with Gasteiger partial charge in [-0.1, -0.05) is 0 Å². The lowest BCUT2D eigenvalue weighted by atomic mass is 10.1. The first-order chi connectivity index (χ1) is 9.34. The number of anilines is 1. The molecular weight excluding hydrogens is 273 g/mol. The van der Waals surface area contributed by atoms with E-state index in [1.54, 1.807) is 0 Å². The van der Waals surface area contributed by atoms with Crippen molar-refractivity contribution in [3.63, 3.8) is 0 Å². The quantitative estimate of drug-likeness (QED) is 0.840. The number of benzene rings is 1. The third kappa shape index (κ3) is 1.81. The molecule has 7 heteroatoms. The number of hydrogen-bond acceptors (Lipinski definition) is 3. The molecule has 0 radical (unpaired) electrons. The van der Waals surface area contributed by atoms with Gasteiger partial charge in [0.15, 0.2) is 0 Å². The van der Waals surface area contributed by atoms with Crippen LogP contribution < -0.4 is 10.6 Å². The average Bonchev–Trinajstić information content (AvgIpc) is 3.13. The van der Waals surface area contributed by atoms with E-state index in [0.717, 1.165) is 23.1 Å². The van der Waals surface area contributed by atoms with Crippen LogP contribution in [0.25, 0.3) is 0 Å². The van der Waals surface area contributed by atoms with E-state index >= 15 is 0 Å². The number of fused-ring (bicyclic) bond motifs is 1. The molecule has 1 aliphatic heterocycles. The molecule has 4 nitrogen and oxygen atoms in total. The van der Waals surface area contributed by atoms with Gasteiger partial charge in [0.05, 0.1) is 23.1 Å². The molecule has 2 aliphatic rings. The summed E-state index contributed by atoms with van der Waals surface area (Å²) < 4.78 is 37.9. The minimum atomic E-state index is -4.48. The SMILES string of the molecule is NCc1cc(C(F)(F)F)ccc1N1C(=O)C2CC2C1=O. The van der Waals surface area contributed by atoms with Crippen molar-refractivity contribution in [2.75, 3.05) is 4.90 Å². The van der Waals surface area contributed by atoms with E-state index in [1.165, 1.54) is 0 Å². The van der Waals surface area contributed by atoms with Gasteiger partial charge in [-0.2, -0.15) is 13.2 Å². The van der Waals surface area contributed by atoms with Crippen LogP contribution in [-0.2, 0) is 22.3 Å². The van der Waals surface area contributed by atoms with Crippen LogP contribution in [0.3, 0.4) is 0 Å². The molecule has 20 heavy (non-hydrogen) atoms. The summed E-state index contributed by atoms with van der Waals surface area (Å²) in [7, 11) is 0. The highest BCUT2D eigenvalue weighted by molar-refractivity contribution is 6.25. The zero-order valence-electron chi connectivity index (χ0n) is 10.3. The second-order valence-electron chi connectivity index (χ2n) is 5.01. The van der Waals surface area contributed by atoms with Crippen molar-refractivity contribution in [3.8, 4) is 0 Å². The maximum absolute atomic E-state index is 12.6. The van der Waals surface area contributed by atoms with Crippen molar-refractivity contribution in [3.05, 3.63) is 29.3 Å². The Morgan fingerprint density at radius 1 is 1.20 bits per heavy atom. The predicted octanol–water partition coefficient (Wildman–Crippen LogP) is 1.67. The molecule has 1 heterocycles. The standard InChI is InChI=1S/C13H11F3N2O2/c14-13(15,16)7-1-2-10(6(3-7)5-17)18-11(19)8-4-9(8)12(18)20/h1-3,8-9H,4-5,17H2. The zero-order chi connectivity index (χ0) is 14.7. The molecule has 2 atom stereocenters. The minimum Gasteiger partial charge on any atom is -0.326 e. The van der Waals surface area contributed by atoms with E-state index in [0.29, 0.717) is 6.42 Å². The number of carbonyl (C=O) groups is 2. The Hall–Kier alpha value is -1.89. The van der Waals surface area contributed by atoms with Crippen molar-refractivity contribution in [1.82, 2.24) is 0 Å². The maximum Gasteiger partial charge on any atom is 0.416 e. The van der Waals surface area contributed by atoms with Gasteiger partial charge in [-0.05, 0) is 30.2 Å². The van der Waals surface area contributed by atoms with Crippen molar-refractivity contribution in [1.29, 1.82) is 0 Å². The van der Waals surface area contributed by atoms with Crippen LogP contribution in [-0.4, -0.2) is 11.8 Å². The molecule has 0 aromatic heterocycles. The number of nitrogens with zero attached hydrogens (tertiary/aromatic N) is 1. The number of halogens is 3. The van der Waals surface area contributed by atoms with Crippen molar-refractivity contribution in [2.45, 2.75) is 19.1 Å². The molecule has 1 aromatic carbocycles. The smallest absolute Gasteiger partial charge is 0.326 e. The summed E-state index contributed by atoms with van der Waals surface area (Å²) in [5.41, 5.74) is 4.92. The van der Waals surface area contributed by atoms with E-state index in [2.05, 4.69) is 0 Å². The van der Waals surface area contributed by atoms with E-state index < -0.39 is 11.7 Å². The Morgan fingerprint density at radius 3 is 2.30 bits per heavy atom. The van der Waals surface area contributed by atoms with Gasteiger partial charge in [-0.3, -0.25) is 9.59 Å². The third-order valence-corrected chi connectivity index (χ3v) is 3.73. The summed E-state index contributed by atoms with van der Waals surface area (Å²) in [6.07, 6.45) is -3.93. The topological polar surface area (TPSA) is 63.4 Å². The first-order valence-electron chi connectivity index (χ1n) is 6.12. The fourth-order valence-electron chi connectivity index (χ4n) is 2.56. The van der Waals surface area contributed by atoms with Gasteiger partial charge in [0.1, 0.15) is 0 Å². The molecule has 2 amide bonds. The molecule has 1 saturated heterocycles. The first kappa shape index (κ1) is 13.1. The highest BCUT2D eigenvalue weighted by atomic mass is 19.4. The molecule has 3 rings (SSSR count). The number of imide groups is 1. The van der Waals surface area contributed by atoms with E-state index in [1.807, 2.05) is 0 Å². The fraction of sp³-hybridized carbons (Fsp3) is 0.385. The molecule has 0 bridgehead atoms. The number of carbonyl (C=O) groups excluding carboxylic acids is 2. The largest absolute Gasteiger partial charge is 0.416 e.